The van der Waals surface area contributed by atoms with Crippen LogP contribution in [-0.2, 0) is 0 Å². The van der Waals surface area contributed by atoms with E-state index < -0.39 is 4.92 Å². The minimum atomic E-state index is -0.414. The molecule has 0 aliphatic heterocycles. The van der Waals surface area contributed by atoms with E-state index in [9.17, 15) is 10.1 Å². The number of pyridine rings is 1. The molecule has 1 N–H and O–H groups in total. The molecule has 0 aromatic carbocycles. The highest BCUT2D eigenvalue weighted by molar-refractivity contribution is 7.10. The van der Waals surface area contributed by atoms with Crippen molar-refractivity contribution >= 4 is 22.8 Å². The molecule has 0 aliphatic rings. The van der Waals surface area contributed by atoms with Gasteiger partial charge in [0, 0.05) is 10.4 Å². The second-order valence-corrected chi connectivity index (χ2v) is 5.21. The summed E-state index contributed by atoms with van der Waals surface area (Å²) in [5, 5.41) is 16.1. The summed E-state index contributed by atoms with van der Waals surface area (Å²) in [7, 11) is 0. The van der Waals surface area contributed by atoms with Gasteiger partial charge in [-0.2, -0.15) is 0 Å². The Balaban J connectivity index is 2.19. The lowest BCUT2D eigenvalue weighted by Gasteiger charge is -2.16. The maximum absolute atomic E-state index is 10.7. The number of aromatic nitrogens is 1. The van der Waals surface area contributed by atoms with Crippen LogP contribution < -0.4 is 5.32 Å². The highest BCUT2D eigenvalue weighted by atomic mass is 32.1. The Labute approximate surface area is 115 Å². The molecule has 0 amide bonds. The molecule has 1 atom stereocenters. The maximum atomic E-state index is 10.7. The van der Waals surface area contributed by atoms with Gasteiger partial charge in [-0.3, -0.25) is 10.1 Å². The van der Waals surface area contributed by atoms with Gasteiger partial charge >= 0.3 is 0 Å². The molecular formula is C13H15N3O2S. The zero-order valence-corrected chi connectivity index (χ0v) is 11.6. The van der Waals surface area contributed by atoms with E-state index >= 15 is 0 Å². The minimum absolute atomic E-state index is 0.0507. The van der Waals surface area contributed by atoms with Gasteiger partial charge in [0.05, 0.1) is 11.0 Å². The smallest absolute Gasteiger partial charge is 0.290 e. The Morgan fingerprint density at radius 2 is 2.37 bits per heavy atom. The monoisotopic (exact) mass is 277 g/mol. The van der Waals surface area contributed by atoms with Crippen LogP contribution in [0, 0.1) is 17.0 Å². The van der Waals surface area contributed by atoms with E-state index in [1.807, 2.05) is 11.4 Å². The quantitative estimate of drug-likeness (QED) is 0.664. The van der Waals surface area contributed by atoms with Crippen LogP contribution in [0.15, 0.2) is 29.8 Å². The molecular weight excluding hydrogens is 262 g/mol. The largest absolute Gasteiger partial charge is 0.362 e. The van der Waals surface area contributed by atoms with Gasteiger partial charge in [-0.1, -0.05) is 13.0 Å². The van der Waals surface area contributed by atoms with Crippen LogP contribution in [-0.4, -0.2) is 9.91 Å². The highest BCUT2D eigenvalue weighted by Gasteiger charge is 2.14. The third-order valence-corrected chi connectivity index (χ3v) is 3.88. The molecule has 0 aliphatic carbocycles. The van der Waals surface area contributed by atoms with E-state index in [0.717, 1.165) is 6.42 Å². The summed E-state index contributed by atoms with van der Waals surface area (Å²) >= 11 is 1.69. The number of anilines is 1. The summed E-state index contributed by atoms with van der Waals surface area (Å²) in [6.07, 6.45) is 2.23. The van der Waals surface area contributed by atoms with E-state index in [-0.39, 0.29) is 11.7 Å². The Morgan fingerprint density at radius 3 is 2.89 bits per heavy atom. The molecule has 2 aromatic heterocycles. The van der Waals surface area contributed by atoms with Gasteiger partial charge in [0.15, 0.2) is 0 Å². The Kier molecular flexibility index (Phi) is 4.11. The molecule has 6 heteroatoms. The SMILES string of the molecule is CCC(Nc1cc(C)c([N+](=O)[O-])cn1)c1cccs1. The normalized spacial score (nSPS) is 12.1. The fourth-order valence-electron chi connectivity index (χ4n) is 1.86. The van der Waals surface area contributed by atoms with Crippen LogP contribution >= 0.6 is 11.3 Å². The number of aryl methyl sites for hydroxylation is 1. The summed E-state index contributed by atoms with van der Waals surface area (Å²) in [6.45, 7) is 3.81. The van der Waals surface area contributed by atoms with Crippen molar-refractivity contribution < 1.29 is 4.92 Å². The Bertz CT molecular complexity index is 569. The second-order valence-electron chi connectivity index (χ2n) is 4.23. The third-order valence-electron chi connectivity index (χ3n) is 2.90. The fraction of sp³-hybridized carbons (Fsp3) is 0.308. The predicted molar refractivity (Wildman–Crippen MR) is 76.6 cm³/mol. The van der Waals surface area contributed by atoms with Crippen LogP contribution in [0.2, 0.25) is 0 Å². The number of rotatable bonds is 5. The van der Waals surface area contributed by atoms with E-state index in [0.29, 0.717) is 11.4 Å². The molecule has 2 heterocycles. The van der Waals surface area contributed by atoms with E-state index in [2.05, 4.69) is 23.3 Å². The van der Waals surface area contributed by atoms with Crippen LogP contribution in [0.4, 0.5) is 11.5 Å². The number of nitro groups is 1. The van der Waals surface area contributed by atoms with E-state index in [1.165, 1.54) is 11.1 Å². The summed E-state index contributed by atoms with van der Waals surface area (Å²) in [5.41, 5.74) is 0.665. The lowest BCUT2D eigenvalue weighted by molar-refractivity contribution is -0.385. The van der Waals surface area contributed by atoms with Gasteiger partial charge in [-0.05, 0) is 30.9 Å². The van der Waals surface area contributed by atoms with Crippen molar-refractivity contribution in [2.75, 3.05) is 5.32 Å². The average molecular weight is 277 g/mol. The van der Waals surface area contributed by atoms with Crippen LogP contribution in [0.25, 0.3) is 0 Å². The molecule has 0 radical (unpaired) electrons. The Morgan fingerprint density at radius 1 is 1.58 bits per heavy atom. The van der Waals surface area contributed by atoms with E-state index in [4.69, 9.17) is 0 Å². The Hall–Kier alpha value is -1.95. The topological polar surface area (TPSA) is 68.1 Å². The van der Waals surface area contributed by atoms with Gasteiger partial charge in [-0.15, -0.1) is 11.3 Å². The first kappa shape index (κ1) is 13.5. The standard InChI is InChI=1S/C13H15N3O2S/c1-3-10(12-5-4-6-19-12)15-13-7-9(2)11(8-14-13)16(17)18/h4-8,10H,3H2,1-2H3,(H,14,15). The zero-order chi connectivity index (χ0) is 13.8. The van der Waals surface area contributed by atoms with Crippen molar-refractivity contribution in [3.63, 3.8) is 0 Å². The lowest BCUT2D eigenvalue weighted by atomic mass is 10.2. The van der Waals surface area contributed by atoms with Crippen LogP contribution in [0.5, 0.6) is 0 Å². The molecule has 2 aromatic rings. The number of hydrogen-bond donors (Lipinski definition) is 1. The summed E-state index contributed by atoms with van der Waals surface area (Å²) in [4.78, 5) is 15.7. The first-order valence-corrected chi connectivity index (χ1v) is 6.90. The van der Waals surface area contributed by atoms with Crippen LogP contribution in [0.1, 0.15) is 29.8 Å². The first-order valence-electron chi connectivity index (χ1n) is 6.02. The first-order chi connectivity index (χ1) is 9.11. The molecule has 0 saturated heterocycles. The van der Waals surface area contributed by atoms with Crippen molar-refractivity contribution in [2.24, 2.45) is 0 Å². The van der Waals surface area contributed by atoms with Gasteiger partial charge in [0.25, 0.3) is 5.69 Å². The van der Waals surface area contributed by atoms with Gasteiger partial charge in [0.1, 0.15) is 12.0 Å². The van der Waals surface area contributed by atoms with Gasteiger partial charge in [0.2, 0.25) is 0 Å². The molecule has 2 rings (SSSR count). The fourth-order valence-corrected chi connectivity index (χ4v) is 2.72. The molecule has 1 unspecified atom stereocenters. The average Bonchev–Trinajstić information content (AvgIpc) is 2.89. The van der Waals surface area contributed by atoms with Crippen molar-refractivity contribution in [1.82, 2.24) is 4.98 Å². The van der Waals surface area contributed by atoms with Crippen molar-refractivity contribution in [1.29, 1.82) is 0 Å². The van der Waals surface area contributed by atoms with Gasteiger partial charge in [-0.25, -0.2) is 4.98 Å². The molecule has 100 valence electrons. The number of nitrogens with one attached hydrogen (secondary N) is 1. The highest BCUT2D eigenvalue weighted by Crippen LogP contribution is 2.27. The molecule has 0 spiro atoms. The van der Waals surface area contributed by atoms with Gasteiger partial charge < -0.3 is 5.32 Å². The molecule has 19 heavy (non-hydrogen) atoms. The number of nitrogens with zero attached hydrogens (tertiary/aromatic N) is 2. The molecule has 5 nitrogen and oxygen atoms in total. The molecule has 0 saturated carbocycles. The summed E-state index contributed by atoms with van der Waals surface area (Å²) in [6, 6.07) is 5.99. The third kappa shape index (κ3) is 3.08. The van der Waals surface area contributed by atoms with Crippen molar-refractivity contribution in [3.8, 4) is 0 Å². The molecule has 0 bridgehead atoms. The zero-order valence-electron chi connectivity index (χ0n) is 10.8. The maximum Gasteiger partial charge on any atom is 0.290 e. The predicted octanol–water partition coefficient (Wildman–Crippen LogP) is 3.92. The number of hydrogen-bond acceptors (Lipinski definition) is 5. The van der Waals surface area contributed by atoms with E-state index in [1.54, 1.807) is 24.3 Å². The summed E-state index contributed by atoms with van der Waals surface area (Å²) < 4.78 is 0. The van der Waals surface area contributed by atoms with Crippen molar-refractivity contribution in [3.05, 3.63) is 50.3 Å². The van der Waals surface area contributed by atoms with Crippen LogP contribution in [0.3, 0.4) is 0 Å². The number of thiophene rings is 1. The second kappa shape index (κ2) is 5.79. The minimum Gasteiger partial charge on any atom is -0.362 e. The summed E-state index contributed by atoms with van der Waals surface area (Å²) in [5.74, 6) is 0.670. The lowest BCUT2D eigenvalue weighted by Crippen LogP contribution is -2.09. The van der Waals surface area contributed by atoms with Crippen molar-refractivity contribution in [2.45, 2.75) is 26.3 Å². The molecule has 0 fully saturated rings.